The SMILES string of the molecule is CCS(=O)(=O)Nc1ccc(N2CCCS2(=O)=O)cc1. The molecule has 0 amide bonds. The number of nitrogens with one attached hydrogen (secondary N) is 1. The van der Waals surface area contributed by atoms with Crippen LogP contribution in [0, 0.1) is 0 Å². The average molecular weight is 304 g/mol. The van der Waals surface area contributed by atoms with Gasteiger partial charge in [0.05, 0.1) is 17.2 Å². The van der Waals surface area contributed by atoms with Crippen molar-refractivity contribution in [1.82, 2.24) is 0 Å². The summed E-state index contributed by atoms with van der Waals surface area (Å²) in [6.07, 6.45) is 0.618. The lowest BCUT2D eigenvalue weighted by Crippen LogP contribution is -2.25. The zero-order chi connectivity index (χ0) is 14.1. The zero-order valence-electron chi connectivity index (χ0n) is 10.5. The van der Waals surface area contributed by atoms with Gasteiger partial charge in [0.25, 0.3) is 0 Å². The molecule has 19 heavy (non-hydrogen) atoms. The number of rotatable bonds is 4. The summed E-state index contributed by atoms with van der Waals surface area (Å²) in [6, 6.07) is 6.35. The summed E-state index contributed by atoms with van der Waals surface area (Å²) in [6.45, 7) is 2.02. The van der Waals surface area contributed by atoms with E-state index in [0.29, 0.717) is 24.3 Å². The summed E-state index contributed by atoms with van der Waals surface area (Å²) < 4.78 is 50.0. The Hall–Kier alpha value is -1.28. The van der Waals surface area contributed by atoms with Crippen LogP contribution in [0.5, 0.6) is 0 Å². The molecule has 8 heteroatoms. The standard InChI is InChI=1S/C11H16N2O4S2/c1-2-18(14,15)12-10-4-6-11(7-5-10)13-8-3-9-19(13,16)17/h4-7,12H,2-3,8-9H2,1H3. The monoisotopic (exact) mass is 304 g/mol. The Morgan fingerprint density at radius 1 is 1.26 bits per heavy atom. The minimum atomic E-state index is -3.31. The van der Waals surface area contributed by atoms with E-state index >= 15 is 0 Å². The molecule has 1 N–H and O–H groups in total. The second-order valence-electron chi connectivity index (χ2n) is 4.29. The van der Waals surface area contributed by atoms with E-state index in [0.717, 1.165) is 0 Å². The number of hydrogen-bond acceptors (Lipinski definition) is 4. The van der Waals surface area contributed by atoms with Gasteiger partial charge in [0.2, 0.25) is 20.0 Å². The number of sulfonamides is 2. The molecule has 0 aliphatic carbocycles. The Bertz CT molecular complexity index is 650. The third kappa shape index (κ3) is 3.19. The number of benzene rings is 1. The summed E-state index contributed by atoms with van der Waals surface area (Å²) in [5.41, 5.74) is 0.999. The van der Waals surface area contributed by atoms with Crippen LogP contribution < -0.4 is 9.03 Å². The summed E-state index contributed by atoms with van der Waals surface area (Å²) in [5, 5.41) is 0. The smallest absolute Gasteiger partial charge is 0.235 e. The summed E-state index contributed by atoms with van der Waals surface area (Å²) in [5.74, 6) is 0.159. The lowest BCUT2D eigenvalue weighted by atomic mass is 10.3. The maximum absolute atomic E-state index is 11.7. The molecule has 1 fully saturated rings. The molecule has 1 aliphatic heterocycles. The van der Waals surface area contributed by atoms with Crippen molar-refractivity contribution >= 4 is 31.4 Å². The fraction of sp³-hybridized carbons (Fsp3) is 0.455. The highest BCUT2D eigenvalue weighted by Gasteiger charge is 2.28. The Kier molecular flexibility index (Phi) is 3.73. The maximum Gasteiger partial charge on any atom is 0.235 e. The first-order valence-electron chi connectivity index (χ1n) is 5.95. The van der Waals surface area contributed by atoms with E-state index in [2.05, 4.69) is 4.72 Å². The first-order valence-corrected chi connectivity index (χ1v) is 9.21. The highest BCUT2D eigenvalue weighted by Crippen LogP contribution is 2.25. The molecule has 0 aromatic heterocycles. The van der Waals surface area contributed by atoms with Gasteiger partial charge in [-0.15, -0.1) is 0 Å². The van der Waals surface area contributed by atoms with Gasteiger partial charge >= 0.3 is 0 Å². The van der Waals surface area contributed by atoms with Crippen LogP contribution in [0.2, 0.25) is 0 Å². The Morgan fingerprint density at radius 2 is 1.89 bits per heavy atom. The van der Waals surface area contributed by atoms with Gasteiger partial charge in [-0.1, -0.05) is 0 Å². The molecular weight excluding hydrogens is 288 g/mol. The molecule has 0 atom stereocenters. The molecule has 0 saturated carbocycles. The van der Waals surface area contributed by atoms with Crippen LogP contribution in [0.1, 0.15) is 13.3 Å². The van der Waals surface area contributed by atoms with E-state index in [1.165, 1.54) is 4.31 Å². The topological polar surface area (TPSA) is 83.6 Å². The van der Waals surface area contributed by atoms with E-state index < -0.39 is 20.0 Å². The van der Waals surface area contributed by atoms with Gasteiger partial charge in [-0.3, -0.25) is 9.03 Å². The first-order chi connectivity index (χ1) is 8.84. The highest BCUT2D eigenvalue weighted by molar-refractivity contribution is 7.93. The van der Waals surface area contributed by atoms with E-state index in [9.17, 15) is 16.8 Å². The predicted octanol–water partition coefficient (Wildman–Crippen LogP) is 0.988. The van der Waals surface area contributed by atoms with E-state index in [4.69, 9.17) is 0 Å². The van der Waals surface area contributed by atoms with E-state index in [-0.39, 0.29) is 11.5 Å². The number of nitrogens with zero attached hydrogens (tertiary/aromatic N) is 1. The van der Waals surface area contributed by atoms with Gasteiger partial charge in [-0.2, -0.15) is 0 Å². The molecule has 0 bridgehead atoms. The van der Waals surface area contributed by atoms with Gasteiger partial charge in [0.1, 0.15) is 0 Å². The number of anilines is 2. The molecule has 0 unspecified atom stereocenters. The minimum absolute atomic E-state index is 0.00471. The minimum Gasteiger partial charge on any atom is -0.284 e. The van der Waals surface area contributed by atoms with Crippen molar-refractivity contribution in [2.45, 2.75) is 13.3 Å². The molecule has 1 aliphatic rings. The second kappa shape index (κ2) is 5.01. The van der Waals surface area contributed by atoms with Gasteiger partial charge in [0, 0.05) is 12.2 Å². The summed E-state index contributed by atoms with van der Waals surface area (Å²) in [7, 11) is -6.51. The zero-order valence-corrected chi connectivity index (χ0v) is 12.2. The Balaban J connectivity index is 2.20. The molecule has 1 aromatic rings. The van der Waals surface area contributed by atoms with Crippen molar-refractivity contribution in [1.29, 1.82) is 0 Å². The Labute approximate surface area is 113 Å². The summed E-state index contributed by atoms with van der Waals surface area (Å²) in [4.78, 5) is 0. The van der Waals surface area contributed by atoms with Crippen LogP contribution >= 0.6 is 0 Å². The van der Waals surface area contributed by atoms with Crippen LogP contribution in [-0.4, -0.2) is 34.9 Å². The quantitative estimate of drug-likeness (QED) is 0.899. The predicted molar refractivity (Wildman–Crippen MR) is 75.3 cm³/mol. The largest absolute Gasteiger partial charge is 0.284 e. The molecule has 0 spiro atoms. The van der Waals surface area contributed by atoms with Crippen LogP contribution in [0.4, 0.5) is 11.4 Å². The third-order valence-corrected chi connectivity index (χ3v) is 6.08. The molecule has 1 heterocycles. The fourth-order valence-electron chi connectivity index (χ4n) is 1.88. The third-order valence-electron chi connectivity index (χ3n) is 2.91. The molecule has 6 nitrogen and oxygen atoms in total. The number of hydrogen-bond donors (Lipinski definition) is 1. The van der Waals surface area contributed by atoms with Crippen LogP contribution in [-0.2, 0) is 20.0 Å². The molecule has 1 aromatic carbocycles. The molecule has 106 valence electrons. The van der Waals surface area contributed by atoms with Gasteiger partial charge in [-0.25, -0.2) is 16.8 Å². The van der Waals surface area contributed by atoms with Crippen LogP contribution in [0.15, 0.2) is 24.3 Å². The molecule has 1 saturated heterocycles. The van der Waals surface area contributed by atoms with Crippen LogP contribution in [0.3, 0.4) is 0 Å². The van der Waals surface area contributed by atoms with Crippen molar-refractivity contribution in [3.8, 4) is 0 Å². The first kappa shape index (κ1) is 14.1. The van der Waals surface area contributed by atoms with E-state index in [1.54, 1.807) is 31.2 Å². The van der Waals surface area contributed by atoms with Crippen molar-refractivity contribution in [3.63, 3.8) is 0 Å². The Morgan fingerprint density at radius 3 is 2.37 bits per heavy atom. The van der Waals surface area contributed by atoms with Crippen molar-refractivity contribution < 1.29 is 16.8 Å². The molecule has 2 rings (SSSR count). The maximum atomic E-state index is 11.7. The van der Waals surface area contributed by atoms with Crippen LogP contribution in [0.25, 0.3) is 0 Å². The van der Waals surface area contributed by atoms with Crippen molar-refractivity contribution in [2.24, 2.45) is 0 Å². The normalized spacial score (nSPS) is 18.5. The van der Waals surface area contributed by atoms with Gasteiger partial charge < -0.3 is 0 Å². The summed E-state index contributed by atoms with van der Waals surface area (Å²) >= 11 is 0. The fourth-order valence-corrected chi connectivity index (χ4v) is 4.08. The molecular formula is C11H16N2O4S2. The van der Waals surface area contributed by atoms with E-state index in [1.807, 2.05) is 0 Å². The molecule has 0 radical (unpaired) electrons. The average Bonchev–Trinajstić information content (AvgIpc) is 2.70. The van der Waals surface area contributed by atoms with Crippen molar-refractivity contribution in [2.75, 3.05) is 27.1 Å². The highest BCUT2D eigenvalue weighted by atomic mass is 32.2. The van der Waals surface area contributed by atoms with Gasteiger partial charge in [-0.05, 0) is 37.6 Å². The lowest BCUT2D eigenvalue weighted by Gasteiger charge is -2.17. The second-order valence-corrected chi connectivity index (χ2v) is 8.32. The van der Waals surface area contributed by atoms with Crippen molar-refractivity contribution in [3.05, 3.63) is 24.3 Å². The lowest BCUT2D eigenvalue weighted by molar-refractivity contribution is 0.598. The van der Waals surface area contributed by atoms with Gasteiger partial charge in [0.15, 0.2) is 0 Å².